The van der Waals surface area contributed by atoms with Crippen LogP contribution in [-0.2, 0) is 38.1 Å². The van der Waals surface area contributed by atoms with Gasteiger partial charge in [-0.3, -0.25) is 9.59 Å². The van der Waals surface area contributed by atoms with E-state index < -0.39 is 18.2 Å². The number of carbonyl (C=O) groups is 3. The summed E-state index contributed by atoms with van der Waals surface area (Å²) < 4.78 is 28.3. The fourth-order valence-corrected chi connectivity index (χ4v) is 4.31. The molecule has 0 fully saturated rings. The van der Waals surface area contributed by atoms with Crippen molar-refractivity contribution in [1.82, 2.24) is 4.90 Å². The molecule has 9 nitrogen and oxygen atoms in total. The second kappa shape index (κ2) is 19.2. The predicted octanol–water partition coefficient (Wildman–Crippen LogP) is 4.38. The number of rotatable bonds is 20. The lowest BCUT2D eigenvalue weighted by Crippen LogP contribution is -2.40. The molecule has 0 aromatic carbocycles. The van der Waals surface area contributed by atoms with Crippen LogP contribution in [0, 0.1) is 17.8 Å². The van der Waals surface area contributed by atoms with Crippen molar-refractivity contribution in [1.29, 1.82) is 0 Å². The third-order valence-corrected chi connectivity index (χ3v) is 7.02. The minimum Gasteiger partial charge on any atom is -0.462 e. The Bertz CT molecular complexity index is 685. The molecule has 9 heteroatoms. The van der Waals surface area contributed by atoms with Crippen LogP contribution in [0.15, 0.2) is 12.3 Å². The molecule has 216 valence electrons. The molecule has 0 spiro atoms. The van der Waals surface area contributed by atoms with Gasteiger partial charge in [-0.05, 0) is 32.1 Å². The second-order valence-corrected chi connectivity index (χ2v) is 9.82. The van der Waals surface area contributed by atoms with Gasteiger partial charge < -0.3 is 28.6 Å². The fraction of sp³-hybridized carbons (Fsp3) is 0.821. The molecule has 0 rings (SSSR count). The van der Waals surface area contributed by atoms with E-state index in [1.54, 1.807) is 41.3 Å². The van der Waals surface area contributed by atoms with Crippen LogP contribution in [0.2, 0.25) is 0 Å². The van der Waals surface area contributed by atoms with E-state index in [-0.39, 0.29) is 42.0 Å². The Balaban J connectivity index is 5.59. The lowest BCUT2D eigenvalue weighted by Gasteiger charge is -2.34. The van der Waals surface area contributed by atoms with Crippen molar-refractivity contribution in [2.45, 2.75) is 104 Å². The molecule has 0 aliphatic heterocycles. The monoisotopic (exact) mass is 529 g/mol. The van der Waals surface area contributed by atoms with Crippen molar-refractivity contribution in [3.05, 3.63) is 12.3 Å². The van der Waals surface area contributed by atoms with Gasteiger partial charge >= 0.3 is 11.9 Å². The van der Waals surface area contributed by atoms with Crippen LogP contribution in [0.5, 0.6) is 0 Å². The molecule has 37 heavy (non-hydrogen) atoms. The van der Waals surface area contributed by atoms with Gasteiger partial charge in [-0.2, -0.15) is 0 Å². The van der Waals surface area contributed by atoms with Crippen molar-refractivity contribution in [3.63, 3.8) is 0 Å². The van der Waals surface area contributed by atoms with E-state index in [4.69, 9.17) is 23.7 Å². The maximum atomic E-state index is 12.7. The molecule has 0 aromatic rings. The molecule has 1 amide bonds. The Kier molecular flexibility index (Phi) is 18.1. The quantitative estimate of drug-likeness (QED) is 0.169. The number of carbonyl (C=O) groups excluding carboxylic acids is 3. The molecule has 0 saturated carbocycles. The number of ether oxygens (including phenoxy) is 5. The number of hydrogen-bond acceptors (Lipinski definition) is 8. The van der Waals surface area contributed by atoms with E-state index in [1.807, 2.05) is 26.8 Å². The number of amides is 1. The summed E-state index contributed by atoms with van der Waals surface area (Å²) >= 11 is 0. The maximum Gasteiger partial charge on any atom is 0.335 e. The molecule has 8 unspecified atom stereocenters. The highest BCUT2D eigenvalue weighted by Crippen LogP contribution is 2.29. The zero-order valence-corrected chi connectivity index (χ0v) is 24.6. The third-order valence-electron chi connectivity index (χ3n) is 7.02. The second-order valence-electron chi connectivity index (χ2n) is 9.82. The summed E-state index contributed by atoms with van der Waals surface area (Å²) in [5.41, 5.74) is 0. The highest BCUT2D eigenvalue weighted by Gasteiger charge is 2.34. The number of methoxy groups -OCH3 is 3. The van der Waals surface area contributed by atoms with Crippen LogP contribution in [0.1, 0.15) is 73.6 Å². The minimum absolute atomic E-state index is 0.0360. The van der Waals surface area contributed by atoms with Crippen LogP contribution >= 0.6 is 0 Å². The number of esters is 2. The Hall–Kier alpha value is -1.97. The van der Waals surface area contributed by atoms with Crippen molar-refractivity contribution >= 4 is 18.3 Å². The Labute approximate surface area is 224 Å². The highest BCUT2D eigenvalue weighted by atomic mass is 16.6. The first-order valence-corrected chi connectivity index (χ1v) is 13.3. The van der Waals surface area contributed by atoms with E-state index in [0.717, 1.165) is 12.8 Å². The average Bonchev–Trinajstić information content (AvgIpc) is 2.90. The van der Waals surface area contributed by atoms with Crippen LogP contribution in [0.4, 0.5) is 0 Å². The largest absolute Gasteiger partial charge is 0.462 e. The van der Waals surface area contributed by atoms with Gasteiger partial charge in [0.25, 0.3) is 0 Å². The van der Waals surface area contributed by atoms with E-state index in [2.05, 4.69) is 6.92 Å². The van der Waals surface area contributed by atoms with E-state index >= 15 is 0 Å². The molecule has 0 saturated heterocycles. The molecule has 0 bridgehead atoms. The van der Waals surface area contributed by atoms with Crippen molar-refractivity contribution in [2.75, 3.05) is 28.4 Å². The highest BCUT2D eigenvalue weighted by molar-refractivity contribution is 5.74. The molecule has 0 heterocycles. The van der Waals surface area contributed by atoms with Gasteiger partial charge in [0.2, 0.25) is 6.41 Å². The van der Waals surface area contributed by atoms with Crippen molar-refractivity contribution in [3.8, 4) is 0 Å². The number of hydrogen-bond donors (Lipinski definition) is 0. The van der Waals surface area contributed by atoms with Gasteiger partial charge in [0.15, 0.2) is 6.10 Å². The zero-order valence-electron chi connectivity index (χ0n) is 24.6. The van der Waals surface area contributed by atoms with Gasteiger partial charge in [-0.1, -0.05) is 40.7 Å². The molecule has 0 aromatic heterocycles. The summed E-state index contributed by atoms with van der Waals surface area (Å²) in [4.78, 5) is 36.8. The van der Waals surface area contributed by atoms with Gasteiger partial charge in [0, 0.05) is 59.3 Å². The van der Waals surface area contributed by atoms with Gasteiger partial charge in [0.05, 0.1) is 12.2 Å². The molecular formula is C28H51NO8. The summed E-state index contributed by atoms with van der Waals surface area (Å²) in [6.45, 7) is 11.5. The van der Waals surface area contributed by atoms with Crippen molar-refractivity contribution < 1.29 is 38.1 Å². The fourth-order valence-electron chi connectivity index (χ4n) is 4.31. The first kappa shape index (κ1) is 35.0. The first-order valence-electron chi connectivity index (χ1n) is 13.3. The van der Waals surface area contributed by atoms with Gasteiger partial charge in [-0.25, -0.2) is 4.79 Å². The lowest BCUT2D eigenvalue weighted by molar-refractivity contribution is -0.166. The molecule has 0 aliphatic carbocycles. The smallest absolute Gasteiger partial charge is 0.335 e. The summed E-state index contributed by atoms with van der Waals surface area (Å²) in [6.07, 6.45) is 5.65. The molecular weight excluding hydrogens is 478 g/mol. The lowest BCUT2D eigenvalue weighted by atomic mass is 9.84. The Morgan fingerprint density at radius 3 is 2.03 bits per heavy atom. The topological polar surface area (TPSA) is 101 Å². The first-order chi connectivity index (χ1) is 17.5. The number of nitrogens with zero attached hydrogens (tertiary/aromatic N) is 1. The SMILES string of the molecule is CCC(=O)OC(CC)CC(OC)C(C)CCC(OC(=O)C(C)OC)C(C)C(OC)C(C)/C=C/N(C)C=O. The molecule has 0 aliphatic rings. The van der Waals surface area contributed by atoms with E-state index in [1.165, 1.54) is 12.0 Å². The van der Waals surface area contributed by atoms with Crippen LogP contribution in [0.3, 0.4) is 0 Å². The summed E-state index contributed by atoms with van der Waals surface area (Å²) in [5.74, 6) is -0.679. The summed E-state index contributed by atoms with van der Waals surface area (Å²) in [6, 6.07) is 0. The zero-order chi connectivity index (χ0) is 28.5. The van der Waals surface area contributed by atoms with Crippen LogP contribution in [0.25, 0.3) is 0 Å². The van der Waals surface area contributed by atoms with Crippen LogP contribution in [-0.4, -0.2) is 82.1 Å². The molecule has 8 atom stereocenters. The maximum absolute atomic E-state index is 12.7. The minimum atomic E-state index is -0.683. The summed E-state index contributed by atoms with van der Waals surface area (Å²) in [5, 5.41) is 0. The van der Waals surface area contributed by atoms with E-state index in [0.29, 0.717) is 25.7 Å². The van der Waals surface area contributed by atoms with Crippen LogP contribution < -0.4 is 0 Å². The average molecular weight is 530 g/mol. The molecule has 0 radical (unpaired) electrons. The Morgan fingerprint density at radius 1 is 0.892 bits per heavy atom. The standard InChI is InChI=1S/C28H51NO8/c1-11-23(36-26(31)12-2)17-25(34-9)19(3)13-14-24(37-28(32)22(6)33-8)21(5)27(35-10)20(4)15-16-29(7)18-30/h15-16,18-25,27H,11-14,17H2,1-10H3/b16-15+. The third kappa shape index (κ3) is 12.9. The van der Waals surface area contributed by atoms with Gasteiger partial charge in [-0.15, -0.1) is 0 Å². The van der Waals surface area contributed by atoms with Gasteiger partial charge in [0.1, 0.15) is 12.2 Å². The summed E-state index contributed by atoms with van der Waals surface area (Å²) in [7, 11) is 6.44. The van der Waals surface area contributed by atoms with Crippen molar-refractivity contribution in [2.24, 2.45) is 17.8 Å². The molecule has 0 N–H and O–H groups in total. The van der Waals surface area contributed by atoms with E-state index in [9.17, 15) is 14.4 Å². The predicted molar refractivity (Wildman–Crippen MR) is 143 cm³/mol. The Morgan fingerprint density at radius 2 is 1.54 bits per heavy atom. The normalized spacial score (nSPS) is 18.2.